The Labute approximate surface area is 166 Å². The Morgan fingerprint density at radius 1 is 0.346 bits per heavy atom. The Morgan fingerprint density at radius 3 is 0.923 bits per heavy atom. The van der Waals surface area contributed by atoms with Gasteiger partial charge in [0.25, 0.3) is 0 Å². The maximum atomic E-state index is 3.22. The maximum Gasteiger partial charge on any atom is 0.00989 e. The average molecular weight is 359 g/mol. The zero-order valence-electron chi connectivity index (χ0n) is 18.1. The molecule has 0 aromatic carbocycles. The number of hydrogen-bond acceptors (Lipinski definition) is 0. The van der Waals surface area contributed by atoms with Crippen molar-refractivity contribution in [1.82, 2.24) is 0 Å². The molecule has 0 amide bonds. The summed E-state index contributed by atoms with van der Waals surface area (Å²) < 4.78 is 0. The second-order valence-corrected chi connectivity index (χ2v) is 7.76. The third kappa shape index (κ3) is 23.1. The molecule has 0 saturated carbocycles. The summed E-state index contributed by atoms with van der Waals surface area (Å²) in [6.07, 6.45) is 27.0. The lowest BCUT2D eigenvalue weighted by Crippen LogP contribution is -1.82. The van der Waals surface area contributed by atoms with Crippen molar-refractivity contribution in [3.8, 4) is 23.7 Å². The highest BCUT2D eigenvalue weighted by Crippen LogP contribution is 2.11. The smallest absolute Gasteiger partial charge is 0.00989 e. The van der Waals surface area contributed by atoms with E-state index >= 15 is 0 Å². The van der Waals surface area contributed by atoms with Crippen LogP contribution in [0.25, 0.3) is 0 Å². The van der Waals surface area contributed by atoms with Crippen LogP contribution >= 0.6 is 0 Å². The quantitative estimate of drug-likeness (QED) is 0.169. The lowest BCUT2D eigenvalue weighted by atomic mass is 10.1. The van der Waals surface area contributed by atoms with Crippen molar-refractivity contribution in [3.05, 3.63) is 0 Å². The molecular weight excluding hydrogens is 312 g/mol. The van der Waals surface area contributed by atoms with Gasteiger partial charge < -0.3 is 0 Å². The Bertz CT molecular complexity index is 370. The van der Waals surface area contributed by atoms with Gasteiger partial charge in [-0.2, -0.15) is 0 Å². The van der Waals surface area contributed by atoms with Gasteiger partial charge in [-0.25, -0.2) is 0 Å². The van der Waals surface area contributed by atoms with Crippen molar-refractivity contribution in [1.29, 1.82) is 0 Å². The summed E-state index contributed by atoms with van der Waals surface area (Å²) in [6, 6.07) is 0. The van der Waals surface area contributed by atoms with E-state index < -0.39 is 0 Å². The molecule has 0 heteroatoms. The molecule has 0 N–H and O–H groups in total. The second kappa shape index (κ2) is 24.1. The molecule has 150 valence electrons. The fourth-order valence-corrected chi connectivity index (χ4v) is 3.26. The third-order valence-electron chi connectivity index (χ3n) is 5.05. The van der Waals surface area contributed by atoms with E-state index in [4.69, 9.17) is 0 Å². The summed E-state index contributed by atoms with van der Waals surface area (Å²) in [5.41, 5.74) is 0. The summed E-state index contributed by atoms with van der Waals surface area (Å²) in [5.74, 6) is 12.5. The largest absolute Gasteiger partial charge is 0.0891 e. The topological polar surface area (TPSA) is 0 Å². The Balaban J connectivity index is 3.21. The average Bonchev–Trinajstić information content (AvgIpc) is 2.66. The van der Waals surface area contributed by atoms with Crippen LogP contribution in [0, 0.1) is 23.7 Å². The minimum absolute atomic E-state index is 1.03. The van der Waals surface area contributed by atoms with Crippen molar-refractivity contribution in [3.63, 3.8) is 0 Å². The van der Waals surface area contributed by atoms with Gasteiger partial charge in [0, 0.05) is 12.8 Å². The first-order chi connectivity index (χ1) is 12.9. The van der Waals surface area contributed by atoms with Gasteiger partial charge in [0.05, 0.1) is 0 Å². The lowest BCUT2D eigenvalue weighted by Gasteiger charge is -2.01. The van der Waals surface area contributed by atoms with Crippen LogP contribution in [-0.4, -0.2) is 0 Å². The Morgan fingerprint density at radius 2 is 0.615 bits per heavy atom. The first-order valence-electron chi connectivity index (χ1n) is 11.9. The molecule has 0 aliphatic carbocycles. The van der Waals surface area contributed by atoms with Crippen LogP contribution in [0.15, 0.2) is 0 Å². The fourth-order valence-electron chi connectivity index (χ4n) is 3.26. The van der Waals surface area contributed by atoms with Crippen LogP contribution < -0.4 is 0 Å². The number of rotatable bonds is 18. The van der Waals surface area contributed by atoms with Crippen molar-refractivity contribution < 1.29 is 0 Å². The van der Waals surface area contributed by atoms with Gasteiger partial charge in [-0.15, -0.1) is 0 Å². The molecule has 0 bridgehead atoms. The third-order valence-corrected chi connectivity index (χ3v) is 5.05. The molecule has 0 spiro atoms. The highest BCUT2D eigenvalue weighted by molar-refractivity contribution is 5.25. The SMILES string of the molecule is CCCCCCCCCC#CC#CCCCCCCCCCCCCC. The summed E-state index contributed by atoms with van der Waals surface area (Å²) >= 11 is 0. The molecule has 0 saturated heterocycles. The van der Waals surface area contributed by atoms with Crippen LogP contribution in [-0.2, 0) is 0 Å². The van der Waals surface area contributed by atoms with Gasteiger partial charge in [0.15, 0.2) is 0 Å². The molecule has 0 heterocycles. The Hall–Kier alpha value is -0.880. The van der Waals surface area contributed by atoms with Crippen LogP contribution in [0.4, 0.5) is 0 Å². The van der Waals surface area contributed by atoms with Gasteiger partial charge in [-0.1, -0.05) is 128 Å². The molecule has 0 fully saturated rings. The zero-order valence-corrected chi connectivity index (χ0v) is 18.1. The zero-order chi connectivity index (χ0) is 19.0. The van der Waals surface area contributed by atoms with Crippen molar-refractivity contribution in [2.24, 2.45) is 0 Å². The predicted molar refractivity (Wildman–Crippen MR) is 119 cm³/mol. The van der Waals surface area contributed by atoms with E-state index in [1.54, 1.807) is 0 Å². The first-order valence-corrected chi connectivity index (χ1v) is 11.9. The van der Waals surface area contributed by atoms with E-state index in [-0.39, 0.29) is 0 Å². The van der Waals surface area contributed by atoms with Gasteiger partial charge >= 0.3 is 0 Å². The molecule has 0 aliphatic heterocycles. The minimum atomic E-state index is 1.03. The van der Waals surface area contributed by atoms with E-state index in [2.05, 4.69) is 37.5 Å². The van der Waals surface area contributed by atoms with E-state index in [1.807, 2.05) is 0 Å². The predicted octanol–water partition coefficient (Wildman–Crippen LogP) is 8.84. The van der Waals surface area contributed by atoms with Crippen LogP contribution in [0.2, 0.25) is 0 Å². The fraction of sp³-hybridized carbons (Fsp3) is 0.846. The molecule has 0 unspecified atom stereocenters. The lowest BCUT2D eigenvalue weighted by molar-refractivity contribution is 0.551. The summed E-state index contributed by atoms with van der Waals surface area (Å²) in [6.45, 7) is 4.56. The van der Waals surface area contributed by atoms with Crippen LogP contribution in [0.1, 0.15) is 142 Å². The van der Waals surface area contributed by atoms with Crippen LogP contribution in [0.5, 0.6) is 0 Å². The normalized spacial score (nSPS) is 10.1. The number of hydrogen-bond donors (Lipinski definition) is 0. The molecular formula is C26H46. The molecule has 0 aromatic heterocycles. The molecule has 0 nitrogen and oxygen atoms in total. The van der Waals surface area contributed by atoms with Gasteiger partial charge in [0.1, 0.15) is 0 Å². The van der Waals surface area contributed by atoms with E-state index in [1.165, 1.54) is 116 Å². The summed E-state index contributed by atoms with van der Waals surface area (Å²) in [7, 11) is 0. The van der Waals surface area contributed by atoms with Gasteiger partial charge in [-0.3, -0.25) is 0 Å². The molecule has 0 rings (SSSR count). The summed E-state index contributed by atoms with van der Waals surface area (Å²) in [4.78, 5) is 0. The van der Waals surface area contributed by atoms with Crippen molar-refractivity contribution in [2.75, 3.05) is 0 Å². The van der Waals surface area contributed by atoms with Crippen molar-refractivity contribution in [2.45, 2.75) is 142 Å². The molecule has 0 radical (unpaired) electrons. The molecule has 0 atom stereocenters. The van der Waals surface area contributed by atoms with Crippen molar-refractivity contribution >= 4 is 0 Å². The van der Waals surface area contributed by atoms with Gasteiger partial charge in [0.2, 0.25) is 0 Å². The summed E-state index contributed by atoms with van der Waals surface area (Å²) in [5, 5.41) is 0. The van der Waals surface area contributed by atoms with Gasteiger partial charge in [-0.05, 0) is 24.7 Å². The molecule has 26 heavy (non-hydrogen) atoms. The monoisotopic (exact) mass is 358 g/mol. The molecule has 0 aromatic rings. The number of unbranched alkanes of at least 4 members (excludes halogenated alkanes) is 18. The van der Waals surface area contributed by atoms with Crippen LogP contribution in [0.3, 0.4) is 0 Å². The maximum absolute atomic E-state index is 3.22. The van der Waals surface area contributed by atoms with E-state index in [0.717, 1.165) is 12.8 Å². The first kappa shape index (κ1) is 25.1. The highest BCUT2D eigenvalue weighted by Gasteiger charge is 1.92. The highest BCUT2D eigenvalue weighted by atomic mass is 14.0. The Kier molecular flexibility index (Phi) is 23.3. The standard InChI is InChI=1S/C26H46/c1-3-5-7-9-11-13-15-17-19-21-23-25-26-24-22-20-18-16-14-12-10-8-6-4-2/h3-19,21,23,25H2,1-2H3. The molecule has 0 aliphatic rings. The van der Waals surface area contributed by atoms with E-state index in [9.17, 15) is 0 Å². The minimum Gasteiger partial charge on any atom is -0.0891 e. The second-order valence-electron chi connectivity index (χ2n) is 7.76. The van der Waals surface area contributed by atoms with E-state index in [0.29, 0.717) is 0 Å².